The fraction of sp³-hybridized carbons (Fsp3) is 0.0455. The lowest BCUT2D eigenvalue weighted by Gasteiger charge is -2.06. The van der Waals surface area contributed by atoms with E-state index in [-0.39, 0.29) is 5.91 Å². The highest BCUT2D eigenvalue weighted by Gasteiger charge is 2.13. The van der Waals surface area contributed by atoms with Gasteiger partial charge in [-0.2, -0.15) is 0 Å². The Morgan fingerprint density at radius 1 is 0.929 bits per heavy atom. The lowest BCUT2D eigenvalue weighted by molar-refractivity contribution is 0.102. The molecule has 0 bridgehead atoms. The van der Waals surface area contributed by atoms with Crippen LogP contribution in [0, 0.1) is 6.92 Å². The highest BCUT2D eigenvalue weighted by atomic mass is 79.9. The van der Waals surface area contributed by atoms with E-state index in [0.717, 1.165) is 21.2 Å². The van der Waals surface area contributed by atoms with Crippen LogP contribution in [0.1, 0.15) is 15.9 Å². The number of aryl methyl sites for hydroxylation is 1. The first kappa shape index (κ1) is 18.1. The molecule has 138 valence electrons. The maximum Gasteiger partial charge on any atom is 0.255 e. The molecule has 0 fully saturated rings. The van der Waals surface area contributed by atoms with Crippen molar-refractivity contribution >= 4 is 27.5 Å². The van der Waals surface area contributed by atoms with E-state index in [0.29, 0.717) is 23.0 Å². The summed E-state index contributed by atoms with van der Waals surface area (Å²) in [6, 6.07) is 22.4. The van der Waals surface area contributed by atoms with Crippen molar-refractivity contribution in [1.29, 1.82) is 0 Å². The molecular formula is C22H16BrN3O2. The largest absolute Gasteiger partial charge is 0.416 e. The number of halogens is 1. The van der Waals surface area contributed by atoms with Gasteiger partial charge in [0.15, 0.2) is 0 Å². The Balaban J connectivity index is 1.57. The number of anilines is 1. The van der Waals surface area contributed by atoms with Crippen LogP contribution in [0.2, 0.25) is 0 Å². The Labute approximate surface area is 170 Å². The molecule has 0 radical (unpaired) electrons. The summed E-state index contributed by atoms with van der Waals surface area (Å²) in [7, 11) is 0. The Bertz CT molecular complexity index is 1140. The van der Waals surface area contributed by atoms with E-state index in [1.54, 1.807) is 12.1 Å². The van der Waals surface area contributed by atoms with Gasteiger partial charge in [0.2, 0.25) is 11.8 Å². The zero-order valence-electron chi connectivity index (χ0n) is 15.0. The topological polar surface area (TPSA) is 68.0 Å². The molecule has 1 aromatic heterocycles. The zero-order chi connectivity index (χ0) is 19.5. The van der Waals surface area contributed by atoms with Gasteiger partial charge < -0.3 is 9.73 Å². The lowest BCUT2D eigenvalue weighted by Crippen LogP contribution is -2.11. The molecule has 4 rings (SSSR count). The van der Waals surface area contributed by atoms with E-state index in [4.69, 9.17) is 4.42 Å². The summed E-state index contributed by atoms with van der Waals surface area (Å²) in [5, 5.41) is 11.2. The van der Waals surface area contributed by atoms with Crippen LogP contribution in [0.15, 0.2) is 81.7 Å². The van der Waals surface area contributed by atoms with Crippen LogP contribution in [-0.4, -0.2) is 16.1 Å². The minimum absolute atomic E-state index is 0.184. The van der Waals surface area contributed by atoms with Crippen LogP contribution in [0.25, 0.3) is 22.9 Å². The van der Waals surface area contributed by atoms with E-state index >= 15 is 0 Å². The first-order chi connectivity index (χ1) is 13.6. The van der Waals surface area contributed by atoms with Crippen LogP contribution in [-0.2, 0) is 0 Å². The number of hydrogen-bond donors (Lipinski definition) is 1. The monoisotopic (exact) mass is 433 g/mol. The zero-order valence-corrected chi connectivity index (χ0v) is 16.6. The standard InChI is InChI=1S/C22H16BrN3O2/c1-14-5-2-3-8-19(14)22-26-25-21(28-22)16-6-4-7-18(13-16)24-20(27)15-9-11-17(23)12-10-15/h2-13H,1H3,(H,24,27). The molecule has 0 aliphatic heterocycles. The second-order valence-corrected chi connectivity index (χ2v) is 7.18. The number of aromatic nitrogens is 2. The van der Waals surface area contributed by atoms with Crippen molar-refractivity contribution in [3.63, 3.8) is 0 Å². The van der Waals surface area contributed by atoms with Gasteiger partial charge in [0, 0.05) is 26.9 Å². The van der Waals surface area contributed by atoms with Gasteiger partial charge in [-0.3, -0.25) is 4.79 Å². The molecule has 0 saturated carbocycles. The molecule has 4 aromatic rings. The molecule has 1 amide bonds. The highest BCUT2D eigenvalue weighted by Crippen LogP contribution is 2.27. The maximum atomic E-state index is 12.4. The summed E-state index contributed by atoms with van der Waals surface area (Å²) < 4.78 is 6.78. The van der Waals surface area contributed by atoms with Crippen molar-refractivity contribution in [1.82, 2.24) is 10.2 Å². The van der Waals surface area contributed by atoms with E-state index in [1.165, 1.54) is 0 Å². The summed E-state index contributed by atoms with van der Waals surface area (Å²) in [5.41, 5.74) is 3.93. The van der Waals surface area contributed by atoms with Crippen molar-refractivity contribution in [3.8, 4) is 22.9 Å². The van der Waals surface area contributed by atoms with Gasteiger partial charge in [0.25, 0.3) is 5.91 Å². The highest BCUT2D eigenvalue weighted by molar-refractivity contribution is 9.10. The third-order valence-corrected chi connectivity index (χ3v) is 4.80. The summed E-state index contributed by atoms with van der Waals surface area (Å²) in [4.78, 5) is 12.4. The molecule has 5 nitrogen and oxygen atoms in total. The fourth-order valence-corrected chi connectivity index (χ4v) is 3.06. The molecule has 3 aromatic carbocycles. The summed E-state index contributed by atoms with van der Waals surface area (Å²) in [6.07, 6.45) is 0. The first-order valence-electron chi connectivity index (χ1n) is 8.67. The lowest BCUT2D eigenvalue weighted by atomic mass is 10.1. The Kier molecular flexibility index (Phi) is 5.04. The minimum atomic E-state index is -0.184. The van der Waals surface area contributed by atoms with E-state index in [9.17, 15) is 4.79 Å². The number of hydrogen-bond acceptors (Lipinski definition) is 4. The predicted molar refractivity (Wildman–Crippen MR) is 112 cm³/mol. The molecule has 0 spiro atoms. The number of nitrogens with one attached hydrogen (secondary N) is 1. The third kappa shape index (κ3) is 3.87. The van der Waals surface area contributed by atoms with Gasteiger partial charge in [-0.05, 0) is 61.0 Å². The summed E-state index contributed by atoms with van der Waals surface area (Å²) >= 11 is 3.37. The number of benzene rings is 3. The summed E-state index contributed by atoms with van der Waals surface area (Å²) in [6.45, 7) is 2.00. The van der Waals surface area contributed by atoms with Crippen LogP contribution in [0.5, 0.6) is 0 Å². The van der Waals surface area contributed by atoms with Gasteiger partial charge in [-0.1, -0.05) is 40.2 Å². The molecular weight excluding hydrogens is 418 g/mol. The third-order valence-electron chi connectivity index (χ3n) is 4.27. The van der Waals surface area contributed by atoms with E-state index < -0.39 is 0 Å². The van der Waals surface area contributed by atoms with E-state index in [1.807, 2.05) is 67.6 Å². The first-order valence-corrected chi connectivity index (χ1v) is 9.46. The smallest absolute Gasteiger partial charge is 0.255 e. The number of rotatable bonds is 4. The molecule has 0 aliphatic carbocycles. The number of nitrogens with zero attached hydrogens (tertiary/aromatic N) is 2. The second kappa shape index (κ2) is 7.78. The van der Waals surface area contributed by atoms with Crippen molar-refractivity contribution in [2.75, 3.05) is 5.32 Å². The molecule has 0 saturated heterocycles. The van der Waals surface area contributed by atoms with Crippen molar-refractivity contribution in [2.45, 2.75) is 6.92 Å². The van der Waals surface area contributed by atoms with Gasteiger partial charge in [0.1, 0.15) is 0 Å². The van der Waals surface area contributed by atoms with Crippen molar-refractivity contribution < 1.29 is 9.21 Å². The van der Waals surface area contributed by atoms with Gasteiger partial charge in [-0.25, -0.2) is 0 Å². The average Bonchev–Trinajstić information content (AvgIpc) is 3.19. The van der Waals surface area contributed by atoms with Crippen LogP contribution < -0.4 is 5.32 Å². The Morgan fingerprint density at radius 2 is 1.68 bits per heavy atom. The Morgan fingerprint density at radius 3 is 2.46 bits per heavy atom. The minimum Gasteiger partial charge on any atom is -0.416 e. The SMILES string of the molecule is Cc1ccccc1-c1nnc(-c2cccc(NC(=O)c3ccc(Br)cc3)c2)o1. The molecule has 1 N–H and O–H groups in total. The number of carbonyl (C=O) groups is 1. The average molecular weight is 434 g/mol. The second-order valence-electron chi connectivity index (χ2n) is 6.27. The van der Waals surface area contributed by atoms with Crippen molar-refractivity contribution in [3.05, 3.63) is 88.4 Å². The van der Waals surface area contributed by atoms with E-state index in [2.05, 4.69) is 31.4 Å². The van der Waals surface area contributed by atoms with Crippen LogP contribution in [0.3, 0.4) is 0 Å². The fourth-order valence-electron chi connectivity index (χ4n) is 2.80. The normalized spacial score (nSPS) is 10.6. The molecule has 6 heteroatoms. The van der Waals surface area contributed by atoms with Crippen LogP contribution >= 0.6 is 15.9 Å². The molecule has 0 unspecified atom stereocenters. The summed E-state index contributed by atoms with van der Waals surface area (Å²) in [5.74, 6) is 0.686. The molecule has 28 heavy (non-hydrogen) atoms. The van der Waals surface area contributed by atoms with Gasteiger partial charge in [0.05, 0.1) is 0 Å². The van der Waals surface area contributed by atoms with Gasteiger partial charge >= 0.3 is 0 Å². The quantitative estimate of drug-likeness (QED) is 0.446. The molecule has 0 aliphatic rings. The van der Waals surface area contributed by atoms with Crippen LogP contribution in [0.4, 0.5) is 5.69 Å². The maximum absolute atomic E-state index is 12.4. The number of amides is 1. The number of carbonyl (C=O) groups excluding carboxylic acids is 1. The molecule has 1 heterocycles. The van der Waals surface area contributed by atoms with Crippen molar-refractivity contribution in [2.24, 2.45) is 0 Å². The predicted octanol–water partition coefficient (Wildman–Crippen LogP) is 5.73. The van der Waals surface area contributed by atoms with Gasteiger partial charge in [-0.15, -0.1) is 10.2 Å². The Hall–Kier alpha value is -3.25. The molecule has 0 atom stereocenters.